The lowest BCUT2D eigenvalue weighted by molar-refractivity contribution is -0.138. The number of morpholine rings is 1. The molecule has 1 amide bonds. The van der Waals surface area contributed by atoms with Crippen LogP contribution >= 0.6 is 0 Å². The number of hydrogen-bond acceptors (Lipinski definition) is 4. The third kappa shape index (κ3) is 4.54. The summed E-state index contributed by atoms with van der Waals surface area (Å²) < 4.78 is 5.64. The van der Waals surface area contributed by atoms with Gasteiger partial charge in [0.2, 0.25) is 0 Å². The zero-order chi connectivity index (χ0) is 16.1. The largest absolute Gasteiger partial charge is 0.480 e. The molecule has 0 saturated carbocycles. The van der Waals surface area contributed by atoms with Crippen molar-refractivity contribution in [3.05, 3.63) is 35.4 Å². The lowest BCUT2D eigenvalue weighted by atomic mass is 10.1. The second-order valence-electron chi connectivity index (χ2n) is 5.70. The fraction of sp³-hybridized carbons (Fsp3) is 0.500. The Morgan fingerprint density at radius 1 is 1.36 bits per heavy atom. The second-order valence-corrected chi connectivity index (χ2v) is 5.70. The number of carboxylic acid groups (broad SMARTS) is 1. The first-order valence-corrected chi connectivity index (χ1v) is 7.33. The molecule has 1 fully saturated rings. The number of aliphatic carboxylic acids is 1. The van der Waals surface area contributed by atoms with Crippen LogP contribution in [0.25, 0.3) is 0 Å². The fourth-order valence-electron chi connectivity index (χ4n) is 2.54. The standard InChI is InChI=1S/C16H22N2O4/c1-12-3-5-13(6-4-12)16(21)18-7-8-22-14(10-18)9-17(2)11-15(19)20/h3-6,14H,7-11H2,1-2H3,(H,19,20). The van der Waals surface area contributed by atoms with Crippen molar-refractivity contribution in [3.8, 4) is 0 Å². The van der Waals surface area contributed by atoms with Crippen LogP contribution in [0.4, 0.5) is 0 Å². The Morgan fingerprint density at radius 2 is 2.05 bits per heavy atom. The van der Waals surface area contributed by atoms with Crippen LogP contribution in [0.1, 0.15) is 15.9 Å². The van der Waals surface area contributed by atoms with E-state index in [9.17, 15) is 9.59 Å². The van der Waals surface area contributed by atoms with Crippen LogP contribution in [0.2, 0.25) is 0 Å². The van der Waals surface area contributed by atoms with E-state index in [4.69, 9.17) is 9.84 Å². The molecular weight excluding hydrogens is 284 g/mol. The molecule has 1 aliphatic rings. The highest BCUT2D eigenvalue weighted by Crippen LogP contribution is 2.12. The summed E-state index contributed by atoms with van der Waals surface area (Å²) in [5.41, 5.74) is 1.79. The van der Waals surface area contributed by atoms with E-state index < -0.39 is 5.97 Å². The van der Waals surface area contributed by atoms with E-state index >= 15 is 0 Å². The maximum Gasteiger partial charge on any atom is 0.317 e. The topological polar surface area (TPSA) is 70.1 Å². The van der Waals surface area contributed by atoms with E-state index in [1.54, 1.807) is 16.8 Å². The minimum atomic E-state index is -0.870. The molecule has 1 aromatic rings. The Bertz CT molecular complexity index is 529. The quantitative estimate of drug-likeness (QED) is 0.873. The summed E-state index contributed by atoms with van der Waals surface area (Å²) in [5.74, 6) is -0.875. The molecule has 6 nitrogen and oxygen atoms in total. The SMILES string of the molecule is Cc1ccc(C(=O)N2CCOC(CN(C)CC(=O)O)C2)cc1. The maximum atomic E-state index is 12.5. The van der Waals surface area contributed by atoms with Gasteiger partial charge in [0.1, 0.15) is 0 Å². The average Bonchev–Trinajstić information content (AvgIpc) is 2.46. The number of rotatable bonds is 5. The second kappa shape index (κ2) is 7.38. The van der Waals surface area contributed by atoms with E-state index in [2.05, 4.69) is 0 Å². The van der Waals surface area contributed by atoms with E-state index in [-0.39, 0.29) is 18.6 Å². The Labute approximate surface area is 130 Å². The third-order valence-electron chi connectivity index (χ3n) is 3.64. The lowest BCUT2D eigenvalue weighted by Gasteiger charge is -2.34. The number of benzene rings is 1. The Balaban J connectivity index is 1.93. The van der Waals surface area contributed by atoms with E-state index in [1.165, 1.54) is 0 Å². The third-order valence-corrected chi connectivity index (χ3v) is 3.64. The molecule has 0 bridgehead atoms. The molecule has 1 aromatic carbocycles. The number of amides is 1. The predicted octanol–water partition coefficient (Wildman–Crippen LogP) is 0.852. The normalized spacial score (nSPS) is 18.5. The molecule has 0 aromatic heterocycles. The zero-order valence-corrected chi connectivity index (χ0v) is 13.0. The first kappa shape index (κ1) is 16.5. The minimum Gasteiger partial charge on any atom is -0.480 e. The van der Waals surface area contributed by atoms with Gasteiger partial charge in [-0.2, -0.15) is 0 Å². The summed E-state index contributed by atoms with van der Waals surface area (Å²) in [5, 5.41) is 8.78. The van der Waals surface area contributed by atoms with Gasteiger partial charge in [-0.15, -0.1) is 0 Å². The van der Waals surface area contributed by atoms with E-state index in [0.717, 1.165) is 5.56 Å². The van der Waals surface area contributed by atoms with Crippen molar-refractivity contribution in [2.45, 2.75) is 13.0 Å². The van der Waals surface area contributed by atoms with Crippen LogP contribution in [0.15, 0.2) is 24.3 Å². The summed E-state index contributed by atoms with van der Waals surface area (Å²) >= 11 is 0. The van der Waals surface area contributed by atoms with E-state index in [0.29, 0.717) is 31.8 Å². The Kier molecular flexibility index (Phi) is 5.51. The van der Waals surface area contributed by atoms with Gasteiger partial charge in [-0.1, -0.05) is 17.7 Å². The van der Waals surface area contributed by atoms with Crippen molar-refractivity contribution < 1.29 is 19.4 Å². The zero-order valence-electron chi connectivity index (χ0n) is 13.0. The van der Waals surface area contributed by atoms with Gasteiger partial charge in [-0.05, 0) is 26.1 Å². The minimum absolute atomic E-state index is 0.00538. The molecule has 0 spiro atoms. The molecule has 1 atom stereocenters. The molecule has 1 saturated heterocycles. The first-order valence-electron chi connectivity index (χ1n) is 7.33. The number of likely N-dealkylation sites (N-methyl/N-ethyl adjacent to an activating group) is 1. The van der Waals surface area contributed by atoms with Gasteiger partial charge >= 0.3 is 5.97 Å². The number of carbonyl (C=O) groups excluding carboxylic acids is 1. The lowest BCUT2D eigenvalue weighted by Crippen LogP contribution is -2.49. The number of aryl methyl sites for hydroxylation is 1. The number of carbonyl (C=O) groups is 2. The highest BCUT2D eigenvalue weighted by molar-refractivity contribution is 5.94. The monoisotopic (exact) mass is 306 g/mol. The number of carboxylic acids is 1. The molecule has 0 aliphatic carbocycles. The smallest absolute Gasteiger partial charge is 0.317 e. The highest BCUT2D eigenvalue weighted by atomic mass is 16.5. The van der Waals surface area contributed by atoms with Crippen LogP contribution < -0.4 is 0 Å². The fourth-order valence-corrected chi connectivity index (χ4v) is 2.54. The van der Waals surface area contributed by atoms with Gasteiger partial charge in [0, 0.05) is 25.2 Å². The number of hydrogen-bond donors (Lipinski definition) is 1. The summed E-state index contributed by atoms with van der Waals surface area (Å²) in [4.78, 5) is 26.6. The molecule has 1 heterocycles. The molecule has 1 N–H and O–H groups in total. The van der Waals surface area contributed by atoms with Crippen LogP contribution in [0.3, 0.4) is 0 Å². The van der Waals surface area contributed by atoms with Crippen LogP contribution in [-0.2, 0) is 9.53 Å². The van der Waals surface area contributed by atoms with Crippen molar-refractivity contribution in [2.24, 2.45) is 0 Å². The molecule has 1 aliphatic heterocycles. The van der Waals surface area contributed by atoms with Gasteiger partial charge in [0.25, 0.3) is 5.91 Å². The average molecular weight is 306 g/mol. The summed E-state index contributed by atoms with van der Waals surface area (Å²) in [6.45, 7) is 3.96. The van der Waals surface area contributed by atoms with Gasteiger partial charge in [-0.3, -0.25) is 14.5 Å². The van der Waals surface area contributed by atoms with Gasteiger partial charge < -0.3 is 14.7 Å². The number of nitrogens with zero attached hydrogens (tertiary/aromatic N) is 2. The van der Waals surface area contributed by atoms with Crippen LogP contribution in [0, 0.1) is 6.92 Å². The van der Waals surface area contributed by atoms with Crippen molar-refractivity contribution in [1.29, 1.82) is 0 Å². The van der Waals surface area contributed by atoms with Crippen molar-refractivity contribution in [2.75, 3.05) is 39.8 Å². The molecule has 120 valence electrons. The van der Waals surface area contributed by atoms with Crippen LogP contribution in [-0.4, -0.2) is 72.7 Å². The highest BCUT2D eigenvalue weighted by Gasteiger charge is 2.26. The summed E-state index contributed by atoms with van der Waals surface area (Å²) in [6, 6.07) is 7.51. The molecule has 0 radical (unpaired) electrons. The Hall–Kier alpha value is -1.92. The molecule has 1 unspecified atom stereocenters. The maximum absolute atomic E-state index is 12.5. The van der Waals surface area contributed by atoms with Gasteiger partial charge in [-0.25, -0.2) is 0 Å². The molecular formula is C16H22N2O4. The molecule has 22 heavy (non-hydrogen) atoms. The predicted molar refractivity (Wildman–Crippen MR) is 82.0 cm³/mol. The first-order chi connectivity index (χ1) is 10.5. The summed E-state index contributed by atoms with van der Waals surface area (Å²) in [7, 11) is 1.73. The van der Waals surface area contributed by atoms with Crippen molar-refractivity contribution in [1.82, 2.24) is 9.80 Å². The van der Waals surface area contributed by atoms with Gasteiger partial charge in [0.15, 0.2) is 0 Å². The van der Waals surface area contributed by atoms with E-state index in [1.807, 2.05) is 31.2 Å². The van der Waals surface area contributed by atoms with Crippen LogP contribution in [0.5, 0.6) is 0 Å². The van der Waals surface area contributed by atoms with Crippen molar-refractivity contribution >= 4 is 11.9 Å². The summed E-state index contributed by atoms with van der Waals surface area (Å²) in [6.07, 6.45) is -0.160. The van der Waals surface area contributed by atoms with Crippen molar-refractivity contribution in [3.63, 3.8) is 0 Å². The molecule has 6 heteroatoms. The molecule has 2 rings (SSSR count). The van der Waals surface area contributed by atoms with Gasteiger partial charge in [0.05, 0.1) is 19.3 Å². The Morgan fingerprint density at radius 3 is 2.68 bits per heavy atom. The number of ether oxygens (including phenoxy) is 1.